The Bertz CT molecular complexity index is 1640. The van der Waals surface area contributed by atoms with E-state index >= 15 is 0 Å². The van der Waals surface area contributed by atoms with Gasteiger partial charge in [-0.3, -0.25) is 9.52 Å². The zero-order valence-electron chi connectivity index (χ0n) is 17.4. The molecule has 0 fully saturated rings. The molecule has 0 aliphatic carbocycles. The molecule has 0 radical (unpaired) electrons. The van der Waals surface area contributed by atoms with E-state index in [9.17, 15) is 13.2 Å². The molecule has 0 atom stereocenters. The van der Waals surface area contributed by atoms with Crippen LogP contribution in [0.15, 0.2) is 94.2 Å². The maximum absolute atomic E-state index is 12.7. The van der Waals surface area contributed by atoms with Crippen molar-refractivity contribution < 1.29 is 17.6 Å². The number of carbonyl (C=O) groups excluding carboxylic acids is 1. The van der Waals surface area contributed by atoms with Crippen LogP contribution in [0, 0.1) is 0 Å². The van der Waals surface area contributed by atoms with Gasteiger partial charge in [-0.1, -0.05) is 53.5 Å². The van der Waals surface area contributed by atoms with Crippen LogP contribution in [0.5, 0.6) is 0 Å². The Morgan fingerprint density at radius 3 is 2.21 bits per heavy atom. The van der Waals surface area contributed by atoms with Gasteiger partial charge in [0.2, 0.25) is 0 Å². The second-order valence-corrected chi connectivity index (χ2v) is 10.1. The molecule has 0 spiro atoms. The van der Waals surface area contributed by atoms with Gasteiger partial charge in [0.15, 0.2) is 5.76 Å². The van der Waals surface area contributed by atoms with Crippen molar-refractivity contribution in [1.82, 2.24) is 0 Å². The minimum Gasteiger partial charge on any atom is -0.451 e. The summed E-state index contributed by atoms with van der Waals surface area (Å²) < 4.78 is 33.5. The first-order valence-corrected chi connectivity index (χ1v) is 12.3. The lowest BCUT2D eigenvalue weighted by Gasteiger charge is -2.10. The molecule has 0 saturated carbocycles. The van der Waals surface area contributed by atoms with Gasteiger partial charge in [-0.15, -0.1) is 0 Å². The Hall–Kier alpha value is -3.52. The number of rotatable bonds is 5. The van der Waals surface area contributed by atoms with Crippen LogP contribution in [-0.2, 0) is 10.0 Å². The van der Waals surface area contributed by atoms with Gasteiger partial charge < -0.3 is 9.73 Å². The molecular formula is C25H16Cl2N2O4S. The van der Waals surface area contributed by atoms with Crippen LogP contribution in [0.1, 0.15) is 10.6 Å². The molecule has 6 nitrogen and oxygen atoms in total. The number of hydrogen-bond acceptors (Lipinski definition) is 4. The highest BCUT2D eigenvalue weighted by atomic mass is 35.5. The van der Waals surface area contributed by atoms with E-state index in [0.29, 0.717) is 21.3 Å². The SMILES string of the molecule is O=C(Nc1ccc(S(=O)(=O)Nc2cc(Cl)cc(Cl)c2)cc1)c1cc2c(ccc3ccccc32)o1. The van der Waals surface area contributed by atoms with Crippen LogP contribution in [0.4, 0.5) is 11.4 Å². The lowest BCUT2D eigenvalue weighted by Crippen LogP contribution is -2.14. The number of hydrogen-bond donors (Lipinski definition) is 2. The van der Waals surface area contributed by atoms with Crippen LogP contribution in [0.3, 0.4) is 0 Å². The molecule has 0 saturated heterocycles. The number of nitrogens with one attached hydrogen (secondary N) is 2. The Morgan fingerprint density at radius 1 is 0.765 bits per heavy atom. The molecule has 5 rings (SSSR count). The zero-order valence-corrected chi connectivity index (χ0v) is 19.7. The maximum atomic E-state index is 12.7. The van der Waals surface area contributed by atoms with Crippen molar-refractivity contribution in [3.05, 3.63) is 101 Å². The number of carbonyl (C=O) groups is 1. The van der Waals surface area contributed by atoms with Gasteiger partial charge >= 0.3 is 0 Å². The fourth-order valence-corrected chi connectivity index (χ4v) is 5.21. The predicted octanol–water partition coefficient (Wildman–Crippen LogP) is 6.95. The number of fused-ring (bicyclic) bond motifs is 3. The van der Waals surface area contributed by atoms with E-state index < -0.39 is 15.9 Å². The Kier molecular flexibility index (Phi) is 5.69. The largest absolute Gasteiger partial charge is 0.451 e. The van der Waals surface area contributed by atoms with Crippen molar-refractivity contribution in [2.75, 3.05) is 10.0 Å². The average Bonchev–Trinajstić information content (AvgIpc) is 3.24. The summed E-state index contributed by atoms with van der Waals surface area (Å²) in [6.45, 7) is 0. The first kappa shape index (κ1) is 22.3. The van der Waals surface area contributed by atoms with Crippen LogP contribution >= 0.6 is 23.2 Å². The normalized spacial score (nSPS) is 11.6. The first-order valence-electron chi connectivity index (χ1n) is 10.1. The van der Waals surface area contributed by atoms with Gasteiger partial charge in [0.05, 0.1) is 10.6 Å². The van der Waals surface area contributed by atoms with Gasteiger partial charge in [-0.2, -0.15) is 0 Å². The third-order valence-corrected chi connectivity index (χ3v) is 7.02. The third-order valence-electron chi connectivity index (χ3n) is 5.19. The van der Waals surface area contributed by atoms with Crippen molar-refractivity contribution in [2.24, 2.45) is 0 Å². The fourth-order valence-electron chi connectivity index (χ4n) is 3.64. The molecule has 170 valence electrons. The van der Waals surface area contributed by atoms with Crippen LogP contribution in [0.2, 0.25) is 10.0 Å². The number of halogens is 2. The van der Waals surface area contributed by atoms with E-state index in [-0.39, 0.29) is 16.3 Å². The van der Waals surface area contributed by atoms with Crippen molar-refractivity contribution in [1.29, 1.82) is 0 Å². The highest BCUT2D eigenvalue weighted by Crippen LogP contribution is 2.29. The molecular weight excluding hydrogens is 495 g/mol. The summed E-state index contributed by atoms with van der Waals surface area (Å²) in [5, 5.41) is 6.23. The number of benzene rings is 4. The van der Waals surface area contributed by atoms with Crippen molar-refractivity contribution in [3.63, 3.8) is 0 Å². The van der Waals surface area contributed by atoms with E-state index in [0.717, 1.165) is 16.2 Å². The second kappa shape index (κ2) is 8.68. The lowest BCUT2D eigenvalue weighted by molar-refractivity contribution is 0.0998. The molecule has 9 heteroatoms. The predicted molar refractivity (Wildman–Crippen MR) is 135 cm³/mol. The van der Waals surface area contributed by atoms with E-state index in [1.165, 1.54) is 42.5 Å². The third kappa shape index (κ3) is 4.46. The number of sulfonamides is 1. The molecule has 0 unspecified atom stereocenters. The summed E-state index contributed by atoms with van der Waals surface area (Å²) >= 11 is 11.9. The first-order chi connectivity index (χ1) is 16.3. The minimum absolute atomic E-state index is 0.0109. The van der Waals surface area contributed by atoms with Crippen molar-refractivity contribution >= 4 is 72.2 Å². The average molecular weight is 511 g/mol. The Balaban J connectivity index is 1.34. The molecule has 1 amide bonds. The molecule has 0 aliphatic rings. The van der Waals surface area contributed by atoms with Gasteiger partial charge in [0.25, 0.3) is 15.9 Å². The van der Waals surface area contributed by atoms with Crippen molar-refractivity contribution in [2.45, 2.75) is 4.90 Å². The van der Waals surface area contributed by atoms with E-state index in [1.807, 2.05) is 36.4 Å². The highest BCUT2D eigenvalue weighted by Gasteiger charge is 2.17. The summed E-state index contributed by atoms with van der Waals surface area (Å²) in [5.41, 5.74) is 1.27. The summed E-state index contributed by atoms with van der Waals surface area (Å²) in [6.07, 6.45) is 0. The number of anilines is 2. The van der Waals surface area contributed by atoms with Crippen molar-refractivity contribution in [3.8, 4) is 0 Å². The summed E-state index contributed by atoms with van der Waals surface area (Å²) in [6, 6.07) is 23.5. The molecule has 1 heterocycles. The van der Waals surface area contributed by atoms with Gasteiger partial charge in [0, 0.05) is 21.1 Å². The van der Waals surface area contributed by atoms with E-state index in [4.69, 9.17) is 27.6 Å². The zero-order chi connectivity index (χ0) is 23.9. The summed E-state index contributed by atoms with van der Waals surface area (Å²) in [4.78, 5) is 12.8. The van der Waals surface area contributed by atoms with E-state index in [2.05, 4.69) is 10.0 Å². The Labute approximate surface area is 205 Å². The highest BCUT2D eigenvalue weighted by molar-refractivity contribution is 7.92. The maximum Gasteiger partial charge on any atom is 0.291 e. The topological polar surface area (TPSA) is 88.4 Å². The summed E-state index contributed by atoms with van der Waals surface area (Å²) in [5.74, 6) is -0.287. The second-order valence-electron chi connectivity index (χ2n) is 7.55. The molecule has 0 bridgehead atoms. The van der Waals surface area contributed by atoms with Crippen LogP contribution in [-0.4, -0.2) is 14.3 Å². The van der Waals surface area contributed by atoms with Crippen LogP contribution < -0.4 is 10.0 Å². The Morgan fingerprint density at radius 2 is 1.47 bits per heavy atom. The monoisotopic (exact) mass is 510 g/mol. The molecule has 4 aromatic carbocycles. The molecule has 34 heavy (non-hydrogen) atoms. The smallest absolute Gasteiger partial charge is 0.291 e. The minimum atomic E-state index is -3.88. The summed E-state index contributed by atoms with van der Waals surface area (Å²) in [7, 11) is -3.88. The lowest BCUT2D eigenvalue weighted by atomic mass is 10.1. The van der Waals surface area contributed by atoms with Gasteiger partial charge in [-0.25, -0.2) is 8.42 Å². The number of furan rings is 1. The molecule has 0 aliphatic heterocycles. The van der Waals surface area contributed by atoms with E-state index in [1.54, 1.807) is 6.07 Å². The van der Waals surface area contributed by atoms with Gasteiger partial charge in [0.1, 0.15) is 5.58 Å². The van der Waals surface area contributed by atoms with Crippen LogP contribution in [0.25, 0.3) is 21.7 Å². The van der Waals surface area contributed by atoms with Gasteiger partial charge in [-0.05, 0) is 65.4 Å². The molecule has 5 aromatic rings. The standard InChI is InChI=1S/C25H16Cl2N2O4S/c26-16-11-17(27)13-19(12-16)29-34(31,32)20-8-6-18(7-9-20)28-25(30)24-14-22-21-4-2-1-3-15(21)5-10-23(22)33-24/h1-14,29H,(H,28,30). The molecule has 2 N–H and O–H groups in total. The fraction of sp³-hybridized carbons (Fsp3) is 0. The quantitative estimate of drug-likeness (QED) is 0.267. The molecule has 1 aromatic heterocycles. The number of amides is 1.